The van der Waals surface area contributed by atoms with Gasteiger partial charge < -0.3 is 5.32 Å². The van der Waals surface area contributed by atoms with E-state index < -0.39 is 0 Å². The smallest absolute Gasteiger partial charge is 0.227 e. The summed E-state index contributed by atoms with van der Waals surface area (Å²) in [5.41, 5.74) is 0. The molecule has 10 heavy (non-hydrogen) atoms. The maximum Gasteiger partial charge on any atom is 0.227 e. The average molecular weight is 140 g/mol. The highest BCUT2D eigenvalue weighted by molar-refractivity contribution is 5.88. The SMILES string of the molecule is O=[C]CC(=O)NCC1CC1. The van der Waals surface area contributed by atoms with E-state index in [0.29, 0.717) is 5.92 Å². The molecule has 3 heteroatoms. The molecular formula is C7H10NO2. The Morgan fingerprint density at radius 1 is 1.60 bits per heavy atom. The van der Waals surface area contributed by atoms with Gasteiger partial charge in [-0.2, -0.15) is 0 Å². The number of hydrogen-bond acceptors (Lipinski definition) is 2. The molecule has 1 radical (unpaired) electrons. The zero-order valence-corrected chi connectivity index (χ0v) is 5.72. The van der Waals surface area contributed by atoms with Gasteiger partial charge >= 0.3 is 0 Å². The second-order valence-electron chi connectivity index (χ2n) is 2.57. The van der Waals surface area contributed by atoms with Crippen LogP contribution in [-0.2, 0) is 9.59 Å². The summed E-state index contributed by atoms with van der Waals surface area (Å²) >= 11 is 0. The lowest BCUT2D eigenvalue weighted by Gasteiger charge is -1.98. The Morgan fingerprint density at radius 3 is 2.80 bits per heavy atom. The van der Waals surface area contributed by atoms with Crippen molar-refractivity contribution in [2.45, 2.75) is 19.3 Å². The number of nitrogens with one attached hydrogen (secondary N) is 1. The fourth-order valence-electron chi connectivity index (χ4n) is 0.708. The molecule has 0 aromatic carbocycles. The van der Waals surface area contributed by atoms with Gasteiger partial charge in [0.05, 0.1) is 6.42 Å². The largest absolute Gasteiger partial charge is 0.355 e. The van der Waals surface area contributed by atoms with Crippen molar-refractivity contribution in [2.75, 3.05) is 6.54 Å². The van der Waals surface area contributed by atoms with E-state index in [1.165, 1.54) is 12.8 Å². The van der Waals surface area contributed by atoms with E-state index in [1.54, 1.807) is 6.29 Å². The molecule has 1 fully saturated rings. The monoisotopic (exact) mass is 140 g/mol. The van der Waals surface area contributed by atoms with E-state index in [2.05, 4.69) is 5.32 Å². The van der Waals surface area contributed by atoms with E-state index in [0.717, 1.165) is 6.54 Å². The molecule has 0 aliphatic heterocycles. The molecule has 55 valence electrons. The van der Waals surface area contributed by atoms with Crippen molar-refractivity contribution in [3.8, 4) is 0 Å². The molecule has 0 heterocycles. The molecule has 1 aliphatic carbocycles. The van der Waals surface area contributed by atoms with Crippen LogP contribution >= 0.6 is 0 Å². The van der Waals surface area contributed by atoms with Gasteiger partial charge in [0.1, 0.15) is 0 Å². The van der Waals surface area contributed by atoms with Crippen LogP contribution in [0.4, 0.5) is 0 Å². The number of carbonyl (C=O) groups excluding carboxylic acids is 2. The Balaban J connectivity index is 1.99. The zero-order valence-electron chi connectivity index (χ0n) is 5.72. The van der Waals surface area contributed by atoms with Crippen LogP contribution in [0.15, 0.2) is 0 Å². The molecule has 1 amide bonds. The van der Waals surface area contributed by atoms with E-state index in [4.69, 9.17) is 0 Å². The Kier molecular flexibility index (Phi) is 2.42. The van der Waals surface area contributed by atoms with Crippen LogP contribution in [0.2, 0.25) is 0 Å². The topological polar surface area (TPSA) is 46.2 Å². The summed E-state index contributed by atoms with van der Waals surface area (Å²) in [5, 5.41) is 2.64. The average Bonchev–Trinajstić information content (AvgIpc) is 2.67. The van der Waals surface area contributed by atoms with Crippen molar-refractivity contribution in [2.24, 2.45) is 5.92 Å². The fourth-order valence-corrected chi connectivity index (χ4v) is 0.708. The predicted molar refractivity (Wildman–Crippen MR) is 36.0 cm³/mol. The minimum atomic E-state index is -0.207. The molecular weight excluding hydrogens is 130 g/mol. The lowest BCUT2D eigenvalue weighted by atomic mass is 10.4. The van der Waals surface area contributed by atoms with Crippen LogP contribution in [0, 0.1) is 5.92 Å². The third-order valence-electron chi connectivity index (χ3n) is 1.52. The van der Waals surface area contributed by atoms with Gasteiger partial charge in [0, 0.05) is 6.54 Å². The maximum atomic E-state index is 10.6. The summed E-state index contributed by atoms with van der Waals surface area (Å²) < 4.78 is 0. The molecule has 1 N–H and O–H groups in total. The van der Waals surface area contributed by atoms with Crippen LogP contribution in [0.3, 0.4) is 0 Å². The lowest BCUT2D eigenvalue weighted by molar-refractivity contribution is -0.119. The molecule has 0 aromatic heterocycles. The van der Waals surface area contributed by atoms with Gasteiger partial charge in [-0.25, -0.2) is 0 Å². The van der Waals surface area contributed by atoms with Gasteiger partial charge in [-0.05, 0) is 18.8 Å². The normalized spacial score (nSPS) is 16.4. The summed E-state index contributed by atoms with van der Waals surface area (Å²) in [7, 11) is 0. The maximum absolute atomic E-state index is 10.6. The van der Waals surface area contributed by atoms with Crippen LogP contribution in [-0.4, -0.2) is 18.7 Å². The van der Waals surface area contributed by atoms with Crippen molar-refractivity contribution >= 4 is 12.2 Å². The highest BCUT2D eigenvalue weighted by Gasteiger charge is 2.21. The molecule has 0 unspecified atom stereocenters. The molecule has 0 saturated heterocycles. The van der Waals surface area contributed by atoms with E-state index in [9.17, 15) is 9.59 Å². The number of carbonyl (C=O) groups is 1. The molecule has 1 rings (SSSR count). The summed E-state index contributed by atoms with van der Waals surface area (Å²) in [4.78, 5) is 20.3. The molecule has 0 spiro atoms. The second kappa shape index (κ2) is 3.34. The number of hydrogen-bond donors (Lipinski definition) is 1. The molecule has 0 aromatic rings. The summed E-state index contributed by atoms with van der Waals surface area (Å²) in [6.07, 6.45) is 3.86. The molecule has 1 aliphatic rings. The number of rotatable bonds is 4. The predicted octanol–water partition coefficient (Wildman–Crippen LogP) is 0.0124. The van der Waals surface area contributed by atoms with Gasteiger partial charge in [-0.15, -0.1) is 0 Å². The standard InChI is InChI=1S/C7H10NO2/c9-4-3-7(10)8-5-6-1-2-6/h6H,1-3,5H2,(H,8,10). The Bertz CT molecular complexity index is 141. The fraction of sp³-hybridized carbons (Fsp3) is 0.714. The highest BCUT2D eigenvalue weighted by Crippen LogP contribution is 2.27. The Hall–Kier alpha value is -0.860. The Labute approximate surface area is 59.8 Å². The minimum Gasteiger partial charge on any atom is -0.355 e. The molecule has 0 atom stereocenters. The van der Waals surface area contributed by atoms with E-state index in [-0.39, 0.29) is 12.3 Å². The van der Waals surface area contributed by atoms with E-state index in [1.807, 2.05) is 0 Å². The second-order valence-corrected chi connectivity index (χ2v) is 2.57. The van der Waals surface area contributed by atoms with Crippen LogP contribution < -0.4 is 5.32 Å². The van der Waals surface area contributed by atoms with Crippen LogP contribution in [0.1, 0.15) is 19.3 Å². The van der Waals surface area contributed by atoms with Crippen molar-refractivity contribution in [3.05, 3.63) is 0 Å². The van der Waals surface area contributed by atoms with Gasteiger partial charge in [-0.1, -0.05) is 0 Å². The number of amides is 1. The molecule has 0 bridgehead atoms. The van der Waals surface area contributed by atoms with Gasteiger partial charge in [-0.3, -0.25) is 9.59 Å². The zero-order chi connectivity index (χ0) is 7.40. The molecule has 3 nitrogen and oxygen atoms in total. The van der Waals surface area contributed by atoms with Gasteiger partial charge in [0.15, 0.2) is 0 Å². The minimum absolute atomic E-state index is 0.118. The third-order valence-corrected chi connectivity index (χ3v) is 1.52. The summed E-state index contributed by atoms with van der Waals surface area (Å²) in [5.74, 6) is 0.470. The van der Waals surface area contributed by atoms with Crippen molar-refractivity contribution < 1.29 is 9.59 Å². The van der Waals surface area contributed by atoms with Crippen LogP contribution in [0.5, 0.6) is 0 Å². The lowest BCUT2D eigenvalue weighted by Crippen LogP contribution is -2.25. The Morgan fingerprint density at radius 2 is 2.30 bits per heavy atom. The van der Waals surface area contributed by atoms with Crippen molar-refractivity contribution in [1.82, 2.24) is 5.32 Å². The van der Waals surface area contributed by atoms with Crippen LogP contribution in [0.25, 0.3) is 0 Å². The first kappa shape index (κ1) is 7.25. The highest BCUT2D eigenvalue weighted by atomic mass is 16.2. The first-order valence-corrected chi connectivity index (χ1v) is 3.44. The first-order chi connectivity index (χ1) is 4.83. The van der Waals surface area contributed by atoms with Gasteiger partial charge in [0.2, 0.25) is 12.2 Å². The summed E-state index contributed by atoms with van der Waals surface area (Å²) in [6.45, 7) is 0.737. The van der Waals surface area contributed by atoms with Gasteiger partial charge in [0.25, 0.3) is 0 Å². The first-order valence-electron chi connectivity index (χ1n) is 3.44. The molecule has 1 saturated carbocycles. The van der Waals surface area contributed by atoms with Crippen molar-refractivity contribution in [3.63, 3.8) is 0 Å². The quantitative estimate of drug-likeness (QED) is 0.559. The van der Waals surface area contributed by atoms with E-state index >= 15 is 0 Å². The third kappa shape index (κ3) is 2.62. The summed E-state index contributed by atoms with van der Waals surface area (Å²) in [6, 6.07) is 0. The van der Waals surface area contributed by atoms with Crippen molar-refractivity contribution in [1.29, 1.82) is 0 Å².